The zero-order valence-corrected chi connectivity index (χ0v) is 12.0. The van der Waals surface area contributed by atoms with Crippen LogP contribution in [0.4, 0.5) is 5.69 Å². The van der Waals surface area contributed by atoms with Crippen molar-refractivity contribution >= 4 is 5.69 Å². The van der Waals surface area contributed by atoms with E-state index >= 15 is 0 Å². The van der Waals surface area contributed by atoms with Crippen molar-refractivity contribution in [1.29, 1.82) is 0 Å². The van der Waals surface area contributed by atoms with Crippen molar-refractivity contribution in [3.63, 3.8) is 0 Å². The van der Waals surface area contributed by atoms with Crippen LogP contribution in [0.15, 0.2) is 18.2 Å². The molecule has 2 aliphatic heterocycles. The Morgan fingerprint density at radius 2 is 2.26 bits per heavy atom. The number of ether oxygens (including phenoxy) is 1. The highest BCUT2D eigenvalue weighted by Gasteiger charge is 2.33. The van der Waals surface area contributed by atoms with E-state index in [1.807, 2.05) is 6.07 Å². The fourth-order valence-electron chi connectivity index (χ4n) is 3.35. The Hall–Kier alpha value is -1.06. The second-order valence-electron chi connectivity index (χ2n) is 6.51. The van der Waals surface area contributed by atoms with E-state index in [0.29, 0.717) is 6.10 Å². The number of rotatable bonds is 2. The van der Waals surface area contributed by atoms with Crippen LogP contribution in [0.5, 0.6) is 0 Å². The summed E-state index contributed by atoms with van der Waals surface area (Å²) in [6, 6.07) is 6.28. The van der Waals surface area contributed by atoms with Gasteiger partial charge in [0.1, 0.15) is 0 Å². The van der Waals surface area contributed by atoms with Crippen LogP contribution in [0.3, 0.4) is 0 Å². The summed E-state index contributed by atoms with van der Waals surface area (Å²) in [6.07, 6.45) is 3.83. The molecule has 1 atom stereocenters. The Kier molecular flexibility index (Phi) is 3.27. The van der Waals surface area contributed by atoms with Crippen LogP contribution >= 0.6 is 0 Å². The molecule has 2 heterocycles. The molecule has 0 saturated carbocycles. The molecule has 0 spiro atoms. The highest BCUT2D eigenvalue weighted by Crippen LogP contribution is 2.31. The van der Waals surface area contributed by atoms with Crippen molar-refractivity contribution in [2.45, 2.75) is 51.4 Å². The number of hydrogen-bond acceptors (Lipinski definition) is 3. The second kappa shape index (κ2) is 4.80. The van der Waals surface area contributed by atoms with Crippen molar-refractivity contribution in [3.8, 4) is 0 Å². The fourth-order valence-corrected chi connectivity index (χ4v) is 3.35. The van der Waals surface area contributed by atoms with E-state index in [1.54, 1.807) is 0 Å². The minimum atomic E-state index is 0.0722. The van der Waals surface area contributed by atoms with Gasteiger partial charge >= 0.3 is 0 Å². The number of hydrogen-bond donors (Lipinski definition) is 1. The first-order valence-electron chi connectivity index (χ1n) is 7.30. The van der Waals surface area contributed by atoms with E-state index in [4.69, 9.17) is 10.5 Å². The van der Waals surface area contributed by atoms with Gasteiger partial charge < -0.3 is 10.5 Å². The predicted molar refractivity (Wildman–Crippen MR) is 78.0 cm³/mol. The molecule has 3 rings (SSSR count). The monoisotopic (exact) mass is 260 g/mol. The van der Waals surface area contributed by atoms with Crippen LogP contribution in [0, 0.1) is 0 Å². The lowest BCUT2D eigenvalue weighted by Gasteiger charge is -2.31. The summed E-state index contributed by atoms with van der Waals surface area (Å²) in [6.45, 7) is 7.55. The molecule has 0 aromatic heterocycles. The number of nitrogens with two attached hydrogens (primary N) is 1. The maximum absolute atomic E-state index is 6.10. The summed E-state index contributed by atoms with van der Waals surface area (Å²) in [4.78, 5) is 2.51. The Bertz CT molecular complexity index is 470. The van der Waals surface area contributed by atoms with Gasteiger partial charge in [0.25, 0.3) is 0 Å². The molecule has 1 aromatic carbocycles. The molecule has 2 N–H and O–H groups in total. The van der Waals surface area contributed by atoms with Gasteiger partial charge in [-0.25, -0.2) is 0 Å². The standard InChI is InChI=1S/C16H24N2O/c1-16(2)8-6-13(19-16)11-18-9-7-14-12(10-18)4-3-5-15(14)17/h3-5,13H,6-11,17H2,1-2H3. The molecule has 2 aliphatic rings. The number of nitrogen functional groups attached to an aromatic ring is 1. The van der Waals surface area contributed by atoms with E-state index in [9.17, 15) is 0 Å². The van der Waals surface area contributed by atoms with Crippen LogP contribution in [0.25, 0.3) is 0 Å². The zero-order valence-electron chi connectivity index (χ0n) is 12.0. The molecular formula is C16H24N2O. The number of fused-ring (bicyclic) bond motifs is 1. The van der Waals surface area contributed by atoms with Crippen LogP contribution in [0.2, 0.25) is 0 Å². The highest BCUT2D eigenvalue weighted by atomic mass is 16.5. The van der Waals surface area contributed by atoms with Gasteiger partial charge in [0.15, 0.2) is 0 Å². The Morgan fingerprint density at radius 1 is 1.42 bits per heavy atom. The van der Waals surface area contributed by atoms with Gasteiger partial charge in [-0.05, 0) is 50.3 Å². The largest absolute Gasteiger partial charge is 0.398 e. The maximum atomic E-state index is 6.10. The molecule has 0 amide bonds. The molecule has 19 heavy (non-hydrogen) atoms. The summed E-state index contributed by atoms with van der Waals surface area (Å²) < 4.78 is 6.10. The third-order valence-corrected chi connectivity index (χ3v) is 4.40. The molecule has 0 bridgehead atoms. The molecule has 3 heteroatoms. The Balaban J connectivity index is 1.63. The summed E-state index contributed by atoms with van der Waals surface area (Å²) in [5.41, 5.74) is 9.81. The lowest BCUT2D eigenvalue weighted by atomic mass is 9.97. The van der Waals surface area contributed by atoms with Crippen molar-refractivity contribution in [2.24, 2.45) is 0 Å². The minimum Gasteiger partial charge on any atom is -0.398 e. The van der Waals surface area contributed by atoms with Crippen molar-refractivity contribution in [1.82, 2.24) is 4.90 Å². The molecule has 1 unspecified atom stereocenters. The van der Waals surface area contributed by atoms with Crippen molar-refractivity contribution < 1.29 is 4.74 Å². The summed E-state index contributed by atoms with van der Waals surface area (Å²) in [5.74, 6) is 0. The number of anilines is 1. The molecule has 0 aliphatic carbocycles. The number of nitrogens with zero attached hydrogens (tertiary/aromatic N) is 1. The van der Waals surface area contributed by atoms with Crippen molar-refractivity contribution in [3.05, 3.63) is 29.3 Å². The van der Waals surface area contributed by atoms with Gasteiger partial charge in [0.2, 0.25) is 0 Å². The lowest BCUT2D eigenvalue weighted by Crippen LogP contribution is -2.37. The van der Waals surface area contributed by atoms with E-state index in [2.05, 4.69) is 30.9 Å². The highest BCUT2D eigenvalue weighted by molar-refractivity contribution is 5.51. The van der Waals surface area contributed by atoms with E-state index in [0.717, 1.165) is 31.7 Å². The summed E-state index contributed by atoms with van der Waals surface area (Å²) in [7, 11) is 0. The van der Waals surface area contributed by atoms with E-state index < -0.39 is 0 Å². The quantitative estimate of drug-likeness (QED) is 0.831. The summed E-state index contributed by atoms with van der Waals surface area (Å²) in [5, 5.41) is 0. The molecular weight excluding hydrogens is 236 g/mol. The molecule has 3 nitrogen and oxygen atoms in total. The molecule has 1 fully saturated rings. The van der Waals surface area contributed by atoms with Gasteiger partial charge in [-0.15, -0.1) is 0 Å². The first-order valence-corrected chi connectivity index (χ1v) is 7.30. The Morgan fingerprint density at radius 3 is 3.00 bits per heavy atom. The fraction of sp³-hybridized carbons (Fsp3) is 0.625. The average Bonchev–Trinajstić information content (AvgIpc) is 2.69. The normalized spacial score (nSPS) is 26.3. The van der Waals surface area contributed by atoms with Crippen LogP contribution in [-0.2, 0) is 17.7 Å². The van der Waals surface area contributed by atoms with Gasteiger partial charge in [-0.2, -0.15) is 0 Å². The topological polar surface area (TPSA) is 38.5 Å². The zero-order chi connectivity index (χ0) is 13.5. The molecule has 104 valence electrons. The van der Waals surface area contributed by atoms with E-state index in [-0.39, 0.29) is 5.60 Å². The third-order valence-electron chi connectivity index (χ3n) is 4.40. The average molecular weight is 260 g/mol. The van der Waals surface area contributed by atoms with Crippen LogP contribution < -0.4 is 5.73 Å². The first kappa shape index (κ1) is 12.9. The third kappa shape index (κ3) is 2.77. The summed E-state index contributed by atoms with van der Waals surface area (Å²) >= 11 is 0. The van der Waals surface area contributed by atoms with Crippen LogP contribution in [-0.4, -0.2) is 29.7 Å². The van der Waals surface area contributed by atoms with Crippen molar-refractivity contribution in [2.75, 3.05) is 18.8 Å². The van der Waals surface area contributed by atoms with Gasteiger partial charge in [0.05, 0.1) is 11.7 Å². The molecule has 1 saturated heterocycles. The SMILES string of the molecule is CC1(C)CCC(CN2CCc3c(N)cccc3C2)O1. The van der Waals surface area contributed by atoms with Gasteiger partial charge in [-0.1, -0.05) is 12.1 Å². The first-order chi connectivity index (χ1) is 9.03. The maximum Gasteiger partial charge on any atom is 0.0710 e. The van der Waals surface area contributed by atoms with Gasteiger partial charge in [0, 0.05) is 25.3 Å². The van der Waals surface area contributed by atoms with Gasteiger partial charge in [-0.3, -0.25) is 4.90 Å². The number of benzene rings is 1. The molecule has 1 aromatic rings. The van der Waals surface area contributed by atoms with Crippen LogP contribution in [0.1, 0.15) is 37.8 Å². The predicted octanol–water partition coefficient (Wildman–Crippen LogP) is 2.58. The molecule has 0 radical (unpaired) electrons. The Labute approximate surface area is 115 Å². The second-order valence-corrected chi connectivity index (χ2v) is 6.51. The minimum absolute atomic E-state index is 0.0722. The smallest absolute Gasteiger partial charge is 0.0710 e. The lowest BCUT2D eigenvalue weighted by molar-refractivity contribution is -0.0301. The van der Waals surface area contributed by atoms with E-state index in [1.165, 1.54) is 24.0 Å².